The molecule has 50 heavy (non-hydrogen) atoms. The number of amides is 1. The van der Waals surface area contributed by atoms with Crippen molar-refractivity contribution in [3.63, 3.8) is 0 Å². The van der Waals surface area contributed by atoms with Gasteiger partial charge in [-0.15, -0.1) is 0 Å². The van der Waals surface area contributed by atoms with E-state index in [-0.39, 0.29) is 12.4 Å². The lowest BCUT2D eigenvalue weighted by Crippen LogP contribution is -2.44. The van der Waals surface area contributed by atoms with Gasteiger partial charge >= 0.3 is 5.69 Å². The number of hydrogen-bond donors (Lipinski definition) is 2. The number of methoxy groups -OCH3 is 2. The molecule has 1 fully saturated rings. The van der Waals surface area contributed by atoms with Crippen LogP contribution in [0.1, 0.15) is 45.8 Å². The van der Waals surface area contributed by atoms with Crippen LogP contribution < -0.4 is 20.5 Å². The Balaban J connectivity index is 1.33. The Morgan fingerprint density at radius 3 is 1.96 bits per heavy atom. The van der Waals surface area contributed by atoms with Gasteiger partial charge in [0.2, 0.25) is 0 Å². The lowest BCUT2D eigenvalue weighted by Gasteiger charge is -2.37. The molecule has 1 aliphatic rings. The van der Waals surface area contributed by atoms with Crippen LogP contribution in [-0.4, -0.2) is 59.3 Å². The zero-order chi connectivity index (χ0) is 35.5. The molecule has 258 valence electrons. The maximum absolute atomic E-state index is 16.5. The van der Waals surface area contributed by atoms with Crippen LogP contribution >= 0.6 is 0 Å². The number of carbonyl (C=O) groups is 1. The number of aryl methyl sites for hydroxylation is 1. The molecule has 0 spiro atoms. The molecule has 5 aromatic rings. The van der Waals surface area contributed by atoms with Crippen LogP contribution in [0.15, 0.2) is 120 Å². The monoisotopic (exact) mass is 679 g/mol. The van der Waals surface area contributed by atoms with E-state index in [1.165, 1.54) is 13.1 Å². The average molecular weight is 680 g/mol. The van der Waals surface area contributed by atoms with Crippen LogP contribution in [0.4, 0.5) is 10.2 Å². The molecule has 0 saturated carbocycles. The SMILES string of the molecule is COc1ccc(C(OC[C@H]2O[C@@H](n3cc(C)c(NC(=O)c4ccccc4)nc3=O)[C@](C)(F)[C@@H]2O)(c2ccccc2)c2ccc(OC)cc2)cc1. The third kappa shape index (κ3) is 6.50. The maximum atomic E-state index is 16.5. The van der Waals surface area contributed by atoms with Crippen LogP contribution in [0.25, 0.3) is 0 Å². The van der Waals surface area contributed by atoms with Crippen molar-refractivity contribution in [3.05, 3.63) is 154 Å². The molecular formula is C39H38FN3O7. The van der Waals surface area contributed by atoms with Gasteiger partial charge in [-0.3, -0.25) is 9.36 Å². The topological polar surface area (TPSA) is 121 Å². The highest BCUT2D eigenvalue weighted by Gasteiger charge is 2.56. The number of carbonyl (C=O) groups excluding carboxylic acids is 1. The van der Waals surface area contributed by atoms with E-state index in [1.807, 2.05) is 78.9 Å². The van der Waals surface area contributed by atoms with Gasteiger partial charge in [0.05, 0.1) is 20.8 Å². The number of rotatable bonds is 11. The molecule has 0 unspecified atom stereocenters. The zero-order valence-corrected chi connectivity index (χ0v) is 28.1. The van der Waals surface area contributed by atoms with Gasteiger partial charge in [-0.25, -0.2) is 9.18 Å². The third-order valence-electron chi connectivity index (χ3n) is 9.01. The van der Waals surface area contributed by atoms with E-state index in [4.69, 9.17) is 18.9 Å². The van der Waals surface area contributed by atoms with Gasteiger partial charge in [0.15, 0.2) is 11.9 Å². The summed E-state index contributed by atoms with van der Waals surface area (Å²) in [5.74, 6) is 0.881. The minimum atomic E-state index is -2.42. The number of ether oxygens (including phenoxy) is 4. The Morgan fingerprint density at radius 2 is 1.42 bits per heavy atom. The summed E-state index contributed by atoms with van der Waals surface area (Å²) in [7, 11) is 3.17. The summed E-state index contributed by atoms with van der Waals surface area (Å²) < 4.78 is 41.3. The highest BCUT2D eigenvalue weighted by Crippen LogP contribution is 2.45. The minimum Gasteiger partial charge on any atom is -0.497 e. The Kier molecular flexibility index (Phi) is 9.83. The number of nitrogens with one attached hydrogen (secondary N) is 1. The maximum Gasteiger partial charge on any atom is 0.351 e. The van der Waals surface area contributed by atoms with Gasteiger partial charge in [0.25, 0.3) is 5.91 Å². The van der Waals surface area contributed by atoms with E-state index < -0.39 is 41.3 Å². The number of alkyl halides is 1. The molecule has 4 aromatic carbocycles. The predicted molar refractivity (Wildman–Crippen MR) is 185 cm³/mol. The second-order valence-electron chi connectivity index (χ2n) is 12.2. The standard InChI is InChI=1S/C39H38FN3O7/c1-25-23-43(37(46)42-34(25)41-35(45)26-11-7-5-8-12-26)36-38(2,40)33(44)32(50-36)24-49-39(27-13-9-6-10-14-27,28-15-19-30(47-3)20-16-28)29-17-21-31(48-4)22-18-29/h5-23,32-33,36,44H,24H2,1-4H3,(H,41,42,45,46)/t32-,33-,36-,38-/m1/s1. The summed E-state index contributed by atoms with van der Waals surface area (Å²) in [6, 6.07) is 32.8. The Hall–Kier alpha value is -5.36. The normalized spacial score (nSPS) is 20.3. The molecule has 4 atom stereocenters. The quantitative estimate of drug-likeness (QED) is 0.168. The molecule has 2 N–H and O–H groups in total. The molecule has 0 radical (unpaired) electrons. The summed E-state index contributed by atoms with van der Waals surface area (Å²) in [5.41, 5.74) is -1.50. The Morgan fingerprint density at radius 1 is 0.900 bits per heavy atom. The fraction of sp³-hybridized carbons (Fsp3) is 0.256. The highest BCUT2D eigenvalue weighted by molar-refractivity contribution is 6.04. The number of hydrogen-bond acceptors (Lipinski definition) is 8. The first-order chi connectivity index (χ1) is 24.1. The predicted octanol–water partition coefficient (Wildman–Crippen LogP) is 5.82. The number of nitrogens with zero attached hydrogens (tertiary/aromatic N) is 2. The Bertz CT molecular complexity index is 1940. The number of aliphatic hydroxyl groups excluding tert-OH is 1. The van der Waals surface area contributed by atoms with Crippen LogP contribution in [0.2, 0.25) is 0 Å². The second-order valence-corrected chi connectivity index (χ2v) is 12.2. The largest absolute Gasteiger partial charge is 0.497 e. The molecular weight excluding hydrogens is 641 g/mol. The summed E-state index contributed by atoms with van der Waals surface area (Å²) in [5, 5.41) is 14.0. The van der Waals surface area contributed by atoms with E-state index in [0.717, 1.165) is 21.3 Å². The van der Waals surface area contributed by atoms with Crippen molar-refractivity contribution in [2.75, 3.05) is 26.1 Å². The van der Waals surface area contributed by atoms with Gasteiger partial charge < -0.3 is 29.4 Å². The lowest BCUT2D eigenvalue weighted by molar-refractivity contribution is -0.0968. The molecule has 10 nitrogen and oxygen atoms in total. The number of aromatic nitrogens is 2. The first-order valence-corrected chi connectivity index (χ1v) is 16.1. The van der Waals surface area contributed by atoms with Crippen molar-refractivity contribution < 1.29 is 33.2 Å². The van der Waals surface area contributed by atoms with E-state index in [2.05, 4.69) is 10.3 Å². The zero-order valence-electron chi connectivity index (χ0n) is 28.1. The number of benzene rings is 4. The summed E-state index contributed by atoms with van der Waals surface area (Å²) in [6.07, 6.45) is -3.06. The van der Waals surface area contributed by atoms with Gasteiger partial charge in [0.1, 0.15) is 35.1 Å². The molecule has 0 bridgehead atoms. The Labute approximate surface area is 289 Å². The van der Waals surface area contributed by atoms with E-state index in [1.54, 1.807) is 51.5 Å². The van der Waals surface area contributed by atoms with Crippen molar-refractivity contribution in [2.45, 2.75) is 43.6 Å². The van der Waals surface area contributed by atoms with Crippen molar-refractivity contribution >= 4 is 11.7 Å². The molecule has 6 rings (SSSR count). The van der Waals surface area contributed by atoms with E-state index in [0.29, 0.717) is 22.6 Å². The first kappa shape index (κ1) is 34.5. The van der Waals surface area contributed by atoms with Crippen LogP contribution in [-0.2, 0) is 15.1 Å². The number of halogens is 1. The fourth-order valence-electron chi connectivity index (χ4n) is 6.26. The third-order valence-corrected chi connectivity index (χ3v) is 9.01. The summed E-state index contributed by atoms with van der Waals surface area (Å²) in [4.78, 5) is 30.1. The van der Waals surface area contributed by atoms with Crippen molar-refractivity contribution in [1.29, 1.82) is 0 Å². The summed E-state index contributed by atoms with van der Waals surface area (Å²) >= 11 is 0. The molecule has 1 saturated heterocycles. The van der Waals surface area contributed by atoms with Crippen LogP contribution in [0.3, 0.4) is 0 Å². The average Bonchev–Trinajstić information content (AvgIpc) is 3.37. The van der Waals surface area contributed by atoms with Crippen LogP contribution in [0, 0.1) is 6.92 Å². The van der Waals surface area contributed by atoms with E-state index in [9.17, 15) is 14.7 Å². The molecule has 2 heterocycles. The lowest BCUT2D eigenvalue weighted by atomic mass is 9.80. The molecule has 0 aliphatic carbocycles. The smallest absolute Gasteiger partial charge is 0.351 e. The van der Waals surface area contributed by atoms with Crippen molar-refractivity contribution in [1.82, 2.24) is 9.55 Å². The molecule has 1 amide bonds. The summed E-state index contributed by atoms with van der Waals surface area (Å²) in [6.45, 7) is 2.53. The van der Waals surface area contributed by atoms with E-state index >= 15 is 4.39 Å². The number of aliphatic hydroxyl groups is 1. The van der Waals surface area contributed by atoms with Crippen LogP contribution in [0.5, 0.6) is 11.5 Å². The van der Waals surface area contributed by atoms with Gasteiger partial charge in [-0.05, 0) is 66.9 Å². The van der Waals surface area contributed by atoms with Crippen molar-refractivity contribution in [3.8, 4) is 11.5 Å². The second kappa shape index (κ2) is 14.2. The first-order valence-electron chi connectivity index (χ1n) is 16.1. The van der Waals surface area contributed by atoms with Gasteiger partial charge in [-0.2, -0.15) is 4.98 Å². The van der Waals surface area contributed by atoms with Gasteiger partial charge in [-0.1, -0.05) is 72.8 Å². The molecule has 1 aliphatic heterocycles. The highest BCUT2D eigenvalue weighted by atomic mass is 19.1. The number of anilines is 1. The molecule has 1 aromatic heterocycles. The molecule has 11 heteroatoms. The van der Waals surface area contributed by atoms with Gasteiger partial charge in [0, 0.05) is 17.3 Å². The minimum absolute atomic E-state index is 0.0331. The fourth-order valence-corrected chi connectivity index (χ4v) is 6.26. The van der Waals surface area contributed by atoms with Crippen molar-refractivity contribution in [2.24, 2.45) is 0 Å².